The number of aliphatic hydroxyl groups is 2. The lowest BCUT2D eigenvalue weighted by Crippen LogP contribution is -2.69. The molecule has 0 radical (unpaired) electrons. The molecule has 34 heavy (non-hydrogen) atoms. The summed E-state index contributed by atoms with van der Waals surface area (Å²) in [5.41, 5.74) is -2.77. The fourth-order valence-electron chi connectivity index (χ4n) is 8.63. The van der Waals surface area contributed by atoms with Gasteiger partial charge >= 0.3 is 11.9 Å². The van der Waals surface area contributed by atoms with Gasteiger partial charge in [0.05, 0.1) is 16.6 Å². The molecule has 0 aromatic heterocycles. The highest BCUT2D eigenvalue weighted by Gasteiger charge is 2.71. The Morgan fingerprint density at radius 3 is 2.53 bits per heavy atom. The van der Waals surface area contributed by atoms with Gasteiger partial charge in [0.15, 0.2) is 0 Å². The average molecular weight is 515 g/mol. The number of rotatable bonds is 4. The summed E-state index contributed by atoms with van der Waals surface area (Å²) in [6.07, 6.45) is 6.61. The molecule has 0 aromatic rings. The zero-order valence-corrected chi connectivity index (χ0v) is 20.8. The number of alkyl halides is 2. The molecule has 5 rings (SSSR count). The summed E-state index contributed by atoms with van der Waals surface area (Å²) in [5, 5.41) is 24.0. The number of carbonyl (C=O) groups excluding carboxylic acids is 3. The highest BCUT2D eigenvalue weighted by Crippen LogP contribution is 2.70. The maximum atomic E-state index is 12.7. The summed E-state index contributed by atoms with van der Waals surface area (Å²) in [6, 6.07) is 0. The Hall–Kier alpha value is -1.15. The van der Waals surface area contributed by atoms with E-state index >= 15 is 0 Å². The first-order chi connectivity index (χ1) is 16.0. The van der Waals surface area contributed by atoms with Crippen molar-refractivity contribution in [3.05, 3.63) is 11.6 Å². The molecule has 0 bridgehead atoms. The Labute approximate surface area is 209 Å². The van der Waals surface area contributed by atoms with E-state index in [-0.39, 0.29) is 36.8 Å². The highest BCUT2D eigenvalue weighted by molar-refractivity contribution is 6.52. The van der Waals surface area contributed by atoms with Gasteiger partial charge in [-0.1, -0.05) is 30.1 Å². The van der Waals surface area contributed by atoms with E-state index in [0.717, 1.165) is 18.3 Å². The van der Waals surface area contributed by atoms with Gasteiger partial charge in [-0.15, -0.1) is 0 Å². The molecule has 7 nitrogen and oxygen atoms in total. The Morgan fingerprint density at radius 2 is 1.88 bits per heavy atom. The van der Waals surface area contributed by atoms with E-state index in [0.29, 0.717) is 44.9 Å². The number of hydrogen-bond acceptors (Lipinski definition) is 7. The van der Waals surface area contributed by atoms with Crippen molar-refractivity contribution < 1.29 is 34.1 Å². The van der Waals surface area contributed by atoms with Crippen molar-refractivity contribution in [3.63, 3.8) is 0 Å². The number of aldehydes is 1. The number of ether oxygens (including phenoxy) is 2. The van der Waals surface area contributed by atoms with Crippen molar-refractivity contribution in [2.75, 3.05) is 6.61 Å². The summed E-state index contributed by atoms with van der Waals surface area (Å²) in [7, 11) is 0. The Balaban J connectivity index is 1.43. The van der Waals surface area contributed by atoms with Crippen molar-refractivity contribution >= 4 is 41.4 Å². The van der Waals surface area contributed by atoms with Gasteiger partial charge in [-0.2, -0.15) is 0 Å². The molecule has 5 aliphatic rings. The largest absolute Gasteiger partial charge is 0.460 e. The number of fused-ring (bicyclic) bond motifs is 5. The van der Waals surface area contributed by atoms with Crippen LogP contribution in [0.5, 0.6) is 0 Å². The number of carbonyl (C=O) groups is 3. The fraction of sp³-hybridized carbons (Fsp3) is 0.800. The smallest absolute Gasteiger partial charge is 0.339 e. The van der Waals surface area contributed by atoms with Crippen molar-refractivity contribution in [2.45, 2.75) is 86.9 Å². The fourth-order valence-corrected chi connectivity index (χ4v) is 8.74. The molecule has 2 N–H and O–H groups in total. The minimum atomic E-state index is -1.32. The quantitative estimate of drug-likeness (QED) is 0.336. The topological polar surface area (TPSA) is 110 Å². The molecule has 1 heterocycles. The number of cyclic esters (lactones) is 1. The van der Waals surface area contributed by atoms with Gasteiger partial charge in [0.1, 0.15) is 19.0 Å². The van der Waals surface area contributed by atoms with Crippen LogP contribution in [0.2, 0.25) is 0 Å². The molecule has 4 saturated carbocycles. The van der Waals surface area contributed by atoms with Crippen LogP contribution in [0, 0.1) is 28.6 Å². The first-order valence-electron chi connectivity index (χ1n) is 12.3. The molecule has 4 fully saturated rings. The molecule has 4 aliphatic carbocycles. The van der Waals surface area contributed by atoms with E-state index in [1.807, 2.05) is 0 Å². The van der Waals surface area contributed by atoms with Crippen molar-refractivity contribution in [2.24, 2.45) is 28.6 Å². The van der Waals surface area contributed by atoms with Crippen LogP contribution in [0.15, 0.2) is 11.6 Å². The minimum Gasteiger partial charge on any atom is -0.460 e. The summed E-state index contributed by atoms with van der Waals surface area (Å²) in [5.74, 6) is -1.30. The van der Waals surface area contributed by atoms with Gasteiger partial charge in [0, 0.05) is 17.9 Å². The number of hydrogen-bond donors (Lipinski definition) is 2. The van der Waals surface area contributed by atoms with Crippen LogP contribution in [0.3, 0.4) is 0 Å². The maximum absolute atomic E-state index is 12.7. The van der Waals surface area contributed by atoms with Gasteiger partial charge in [-0.3, -0.25) is 0 Å². The van der Waals surface area contributed by atoms with Crippen molar-refractivity contribution in [1.29, 1.82) is 0 Å². The zero-order valence-electron chi connectivity index (χ0n) is 19.3. The Bertz CT molecular complexity index is 936. The molecule has 9 heteroatoms. The first-order valence-corrected chi connectivity index (χ1v) is 13.1. The van der Waals surface area contributed by atoms with Gasteiger partial charge in [-0.25, -0.2) is 9.59 Å². The van der Waals surface area contributed by atoms with Crippen molar-refractivity contribution in [3.8, 4) is 0 Å². The lowest BCUT2D eigenvalue weighted by Gasteiger charge is -2.65. The molecule has 1 unspecified atom stereocenters. The molecular weight excluding hydrogens is 483 g/mol. The van der Waals surface area contributed by atoms with E-state index in [2.05, 4.69) is 6.92 Å². The summed E-state index contributed by atoms with van der Waals surface area (Å²) < 4.78 is 10.6. The predicted molar refractivity (Wildman–Crippen MR) is 123 cm³/mol. The van der Waals surface area contributed by atoms with Gasteiger partial charge < -0.3 is 24.5 Å². The highest BCUT2D eigenvalue weighted by atomic mass is 35.5. The monoisotopic (exact) mass is 514 g/mol. The second-order valence-electron chi connectivity index (χ2n) is 11.3. The van der Waals surface area contributed by atoms with Crippen LogP contribution in [0.4, 0.5) is 0 Å². The van der Waals surface area contributed by atoms with Crippen LogP contribution in [0.1, 0.15) is 64.7 Å². The Kier molecular flexibility index (Phi) is 5.91. The third-order valence-corrected chi connectivity index (χ3v) is 10.6. The van der Waals surface area contributed by atoms with E-state index < -0.39 is 38.9 Å². The van der Waals surface area contributed by atoms with Gasteiger partial charge in [0.25, 0.3) is 0 Å². The molecule has 1 aliphatic heterocycles. The van der Waals surface area contributed by atoms with Crippen LogP contribution < -0.4 is 0 Å². The molecule has 0 amide bonds. The van der Waals surface area contributed by atoms with E-state index in [1.165, 1.54) is 0 Å². The molecular formula is C25H32Cl2O7. The minimum absolute atomic E-state index is 0.0621. The summed E-state index contributed by atoms with van der Waals surface area (Å²) in [4.78, 5) is 35.1. The van der Waals surface area contributed by atoms with Gasteiger partial charge in [-0.05, 0) is 74.7 Å². The molecule has 188 valence electrons. The van der Waals surface area contributed by atoms with E-state index in [4.69, 9.17) is 32.7 Å². The third-order valence-electron chi connectivity index (χ3n) is 10.3. The maximum Gasteiger partial charge on any atom is 0.339 e. The van der Waals surface area contributed by atoms with Gasteiger partial charge in [0.2, 0.25) is 4.84 Å². The van der Waals surface area contributed by atoms with E-state index in [9.17, 15) is 24.6 Å². The number of halogens is 2. The van der Waals surface area contributed by atoms with E-state index in [1.54, 1.807) is 6.08 Å². The van der Waals surface area contributed by atoms with Crippen LogP contribution in [0.25, 0.3) is 0 Å². The lowest BCUT2D eigenvalue weighted by molar-refractivity contribution is -0.249. The SMILES string of the molecule is C[C@]12CC[C@H]3[C@@H](CC[C@]4(O)C[C@@H](OC(=O)C(Cl)Cl)CC[C@]34C=O)C1(O)CC[C@@H]2C1=CC(=O)OC1. The van der Waals surface area contributed by atoms with Crippen LogP contribution in [-0.4, -0.2) is 57.2 Å². The standard InChI is InChI=1S/C25H32Cl2O7/c1-22-6-3-17-18(25(22,32)9-5-16(22)14-10-19(29)33-12-14)4-8-24(31)11-15(34-21(30)20(26)27)2-7-23(17,24)13-28/h10,13,15-18,20,31-32H,2-9,11-12H2,1H3/t15-,16+,17-,18+,22+,23-,24-,25?/m0/s1. The molecule has 0 aromatic carbocycles. The summed E-state index contributed by atoms with van der Waals surface area (Å²) in [6.45, 7) is 2.40. The normalized spacial score (nSPS) is 47.8. The third kappa shape index (κ3) is 3.26. The van der Waals surface area contributed by atoms with Crippen molar-refractivity contribution in [1.82, 2.24) is 0 Å². The summed E-state index contributed by atoms with van der Waals surface area (Å²) >= 11 is 11.3. The second kappa shape index (κ2) is 8.19. The zero-order chi connectivity index (χ0) is 24.5. The average Bonchev–Trinajstić information content (AvgIpc) is 3.33. The molecule has 0 spiro atoms. The van der Waals surface area contributed by atoms with Crippen LogP contribution >= 0.6 is 23.2 Å². The first kappa shape index (κ1) is 24.5. The Morgan fingerprint density at radius 1 is 1.15 bits per heavy atom. The predicted octanol–water partition coefficient (Wildman–Crippen LogP) is 3.25. The van der Waals surface area contributed by atoms with Crippen LogP contribution in [-0.2, 0) is 23.9 Å². The lowest BCUT2D eigenvalue weighted by atomic mass is 9.41. The number of esters is 2. The second-order valence-corrected chi connectivity index (χ2v) is 12.4. The molecule has 8 atom stereocenters. The molecule has 0 saturated heterocycles.